The minimum atomic E-state index is -0.980. The van der Waals surface area contributed by atoms with Gasteiger partial charge in [0.05, 0.1) is 0 Å². The summed E-state index contributed by atoms with van der Waals surface area (Å²) in [6.45, 7) is 2.83. The molecule has 1 saturated carbocycles. The van der Waals surface area contributed by atoms with Crippen molar-refractivity contribution in [1.29, 1.82) is 0 Å². The van der Waals surface area contributed by atoms with Gasteiger partial charge in [-0.15, -0.1) is 0 Å². The molecule has 1 amide bonds. The molecule has 1 aliphatic heterocycles. The van der Waals surface area contributed by atoms with Crippen LogP contribution in [0.3, 0.4) is 0 Å². The monoisotopic (exact) mass is 241 g/mol. The van der Waals surface area contributed by atoms with Gasteiger partial charge in [0, 0.05) is 6.54 Å². The third kappa shape index (κ3) is 2.77. The number of rotatable bonds is 4. The molecule has 2 fully saturated rings. The molecule has 1 heterocycles. The number of carboxylic acids is 1. The minimum absolute atomic E-state index is 0.165. The van der Waals surface area contributed by atoms with Crippen molar-refractivity contribution in [2.45, 2.75) is 51.2 Å². The largest absolute Gasteiger partial charge is 0.479 e. The number of hydrogen-bond acceptors (Lipinski definition) is 3. The standard InChI is InChI=1S/C12H19NO4/c1-12(5-2-6-12)7-13-10(14)8-3-4-9(17-8)11(15)16/h8-9H,2-7H2,1H3,(H,13,14)(H,15,16)/t8-,9+/m0/s1. The van der Waals surface area contributed by atoms with Gasteiger partial charge in [-0.1, -0.05) is 13.3 Å². The molecule has 2 rings (SSSR count). The first kappa shape index (κ1) is 12.4. The highest BCUT2D eigenvalue weighted by Gasteiger charge is 2.36. The zero-order chi connectivity index (χ0) is 12.5. The lowest BCUT2D eigenvalue weighted by Crippen LogP contribution is -2.43. The van der Waals surface area contributed by atoms with Gasteiger partial charge in [-0.25, -0.2) is 4.79 Å². The smallest absolute Gasteiger partial charge is 0.332 e. The van der Waals surface area contributed by atoms with E-state index in [0.717, 1.165) is 12.8 Å². The second kappa shape index (κ2) is 4.64. The van der Waals surface area contributed by atoms with E-state index in [1.807, 2.05) is 0 Å². The average molecular weight is 241 g/mol. The van der Waals surface area contributed by atoms with Gasteiger partial charge in [0.1, 0.15) is 6.10 Å². The number of carboxylic acid groups (broad SMARTS) is 1. The van der Waals surface area contributed by atoms with Crippen LogP contribution in [0.15, 0.2) is 0 Å². The third-order valence-electron chi connectivity index (χ3n) is 3.84. The molecule has 0 aromatic rings. The predicted molar refractivity (Wildman–Crippen MR) is 60.5 cm³/mol. The van der Waals surface area contributed by atoms with Gasteiger partial charge < -0.3 is 15.2 Å². The maximum absolute atomic E-state index is 11.8. The third-order valence-corrected chi connectivity index (χ3v) is 3.84. The summed E-state index contributed by atoms with van der Waals surface area (Å²) in [5.41, 5.74) is 0.237. The summed E-state index contributed by atoms with van der Waals surface area (Å²) in [6.07, 6.45) is 3.05. The summed E-state index contributed by atoms with van der Waals surface area (Å²) in [7, 11) is 0. The molecule has 0 aromatic carbocycles. The van der Waals surface area contributed by atoms with Crippen molar-refractivity contribution in [3.05, 3.63) is 0 Å². The summed E-state index contributed by atoms with van der Waals surface area (Å²) in [5, 5.41) is 11.6. The molecular weight excluding hydrogens is 222 g/mol. The zero-order valence-corrected chi connectivity index (χ0v) is 10.1. The van der Waals surface area contributed by atoms with Crippen LogP contribution in [0.25, 0.3) is 0 Å². The van der Waals surface area contributed by atoms with E-state index in [9.17, 15) is 9.59 Å². The van der Waals surface area contributed by atoms with Crippen molar-refractivity contribution >= 4 is 11.9 Å². The van der Waals surface area contributed by atoms with E-state index < -0.39 is 18.2 Å². The Bertz CT molecular complexity index is 324. The number of ether oxygens (including phenoxy) is 1. The van der Waals surface area contributed by atoms with Crippen LogP contribution in [-0.4, -0.2) is 35.7 Å². The maximum atomic E-state index is 11.8. The van der Waals surface area contributed by atoms with E-state index >= 15 is 0 Å². The van der Waals surface area contributed by atoms with Gasteiger partial charge in [-0.3, -0.25) is 4.79 Å². The molecule has 2 N–H and O–H groups in total. The fraction of sp³-hybridized carbons (Fsp3) is 0.833. The summed E-state index contributed by atoms with van der Waals surface area (Å²) in [5.74, 6) is -1.15. The van der Waals surface area contributed by atoms with Crippen LogP contribution in [0, 0.1) is 5.41 Å². The van der Waals surface area contributed by atoms with Crippen LogP contribution in [0.4, 0.5) is 0 Å². The van der Waals surface area contributed by atoms with Crippen LogP contribution < -0.4 is 5.32 Å². The lowest BCUT2D eigenvalue weighted by molar-refractivity contribution is -0.151. The Labute approximate surface area is 101 Å². The molecule has 0 spiro atoms. The Morgan fingerprint density at radius 1 is 1.35 bits per heavy atom. The summed E-state index contributed by atoms with van der Waals surface area (Å²) >= 11 is 0. The van der Waals surface area contributed by atoms with E-state index in [1.54, 1.807) is 0 Å². The number of amides is 1. The topological polar surface area (TPSA) is 75.6 Å². The van der Waals surface area contributed by atoms with Crippen LogP contribution >= 0.6 is 0 Å². The molecule has 5 heteroatoms. The molecule has 1 aliphatic carbocycles. The number of carbonyl (C=O) groups is 2. The van der Waals surface area contributed by atoms with Crippen molar-refractivity contribution < 1.29 is 19.4 Å². The molecule has 2 atom stereocenters. The van der Waals surface area contributed by atoms with Crippen molar-refractivity contribution in [2.24, 2.45) is 5.41 Å². The van der Waals surface area contributed by atoms with Crippen molar-refractivity contribution in [3.8, 4) is 0 Å². The molecule has 0 unspecified atom stereocenters. The molecule has 2 aliphatic rings. The van der Waals surface area contributed by atoms with Gasteiger partial charge in [0.2, 0.25) is 5.91 Å². The maximum Gasteiger partial charge on any atom is 0.332 e. The number of nitrogens with one attached hydrogen (secondary N) is 1. The fourth-order valence-electron chi connectivity index (χ4n) is 2.38. The van der Waals surface area contributed by atoms with Gasteiger partial charge in [0.25, 0.3) is 0 Å². The Hall–Kier alpha value is -1.10. The molecule has 1 saturated heterocycles. The van der Waals surface area contributed by atoms with Crippen molar-refractivity contribution in [2.75, 3.05) is 6.54 Å². The predicted octanol–water partition coefficient (Wildman–Crippen LogP) is 0.925. The fourth-order valence-corrected chi connectivity index (χ4v) is 2.38. The molecular formula is C12H19NO4. The SMILES string of the molecule is CC1(CNC(=O)[C@@H]2CC[C@H](C(=O)O)O2)CCC1. The first-order valence-electron chi connectivity index (χ1n) is 6.16. The van der Waals surface area contributed by atoms with E-state index in [1.165, 1.54) is 6.42 Å². The number of hydrogen-bond donors (Lipinski definition) is 2. The number of carbonyl (C=O) groups excluding carboxylic acids is 1. The summed E-state index contributed by atoms with van der Waals surface area (Å²) in [4.78, 5) is 22.5. The highest BCUT2D eigenvalue weighted by molar-refractivity contribution is 5.82. The highest BCUT2D eigenvalue weighted by atomic mass is 16.5. The van der Waals surface area contributed by atoms with E-state index in [4.69, 9.17) is 9.84 Å². The molecule has 0 radical (unpaired) electrons. The van der Waals surface area contributed by atoms with Crippen molar-refractivity contribution in [1.82, 2.24) is 5.32 Å². The Morgan fingerprint density at radius 3 is 2.47 bits per heavy atom. The molecule has 17 heavy (non-hydrogen) atoms. The van der Waals surface area contributed by atoms with Crippen LogP contribution in [0.1, 0.15) is 39.0 Å². The van der Waals surface area contributed by atoms with Gasteiger partial charge >= 0.3 is 5.97 Å². The lowest BCUT2D eigenvalue weighted by atomic mass is 9.70. The minimum Gasteiger partial charge on any atom is -0.479 e. The van der Waals surface area contributed by atoms with Gasteiger partial charge in [-0.05, 0) is 31.1 Å². The van der Waals surface area contributed by atoms with Crippen LogP contribution in [0.5, 0.6) is 0 Å². The Balaban J connectivity index is 1.75. The molecule has 96 valence electrons. The van der Waals surface area contributed by atoms with Crippen LogP contribution in [0.2, 0.25) is 0 Å². The zero-order valence-electron chi connectivity index (χ0n) is 10.1. The van der Waals surface area contributed by atoms with Crippen LogP contribution in [-0.2, 0) is 14.3 Å². The first-order valence-corrected chi connectivity index (χ1v) is 6.16. The van der Waals surface area contributed by atoms with Gasteiger partial charge in [-0.2, -0.15) is 0 Å². The van der Waals surface area contributed by atoms with E-state index in [-0.39, 0.29) is 11.3 Å². The summed E-state index contributed by atoms with van der Waals surface area (Å²) < 4.78 is 5.19. The Morgan fingerprint density at radius 2 is 2.00 bits per heavy atom. The lowest BCUT2D eigenvalue weighted by Gasteiger charge is -2.38. The first-order chi connectivity index (χ1) is 8.00. The quantitative estimate of drug-likeness (QED) is 0.767. The highest BCUT2D eigenvalue weighted by Crippen LogP contribution is 2.39. The second-order valence-electron chi connectivity index (χ2n) is 5.41. The van der Waals surface area contributed by atoms with E-state index in [2.05, 4.69) is 12.2 Å². The number of aliphatic carboxylic acids is 1. The summed E-state index contributed by atoms with van der Waals surface area (Å²) in [6, 6.07) is 0. The second-order valence-corrected chi connectivity index (χ2v) is 5.41. The van der Waals surface area contributed by atoms with Crippen molar-refractivity contribution in [3.63, 3.8) is 0 Å². The molecule has 0 aromatic heterocycles. The van der Waals surface area contributed by atoms with E-state index in [0.29, 0.717) is 19.4 Å². The van der Waals surface area contributed by atoms with Gasteiger partial charge in [0.15, 0.2) is 6.10 Å². The average Bonchev–Trinajstić information content (AvgIpc) is 2.72. The Kier molecular flexibility index (Phi) is 3.38. The normalized spacial score (nSPS) is 30.6. The molecule has 5 nitrogen and oxygen atoms in total. The molecule has 0 bridgehead atoms.